The van der Waals surface area contributed by atoms with Crippen LogP contribution in [0.15, 0.2) is 78.3 Å². The number of hydrogen-bond acceptors (Lipinski definition) is 5. The molecule has 1 atom stereocenters. The third kappa shape index (κ3) is 7.36. The molecule has 0 amide bonds. The van der Waals surface area contributed by atoms with Gasteiger partial charge in [-0.25, -0.2) is 0 Å². The van der Waals surface area contributed by atoms with Gasteiger partial charge in [0.05, 0.1) is 17.9 Å². The molecule has 0 aliphatic carbocycles. The number of para-hydroxylation sites is 1. The molecule has 0 spiro atoms. The summed E-state index contributed by atoms with van der Waals surface area (Å²) in [5, 5.41) is 12.7. The SMILES string of the molecule is CCO/C(=C/[NH2+]c1cccc(C(F)(F)F)c1)C(=O)C(=N)/C(=C/C(C)N)Nc1ccccc1. The molecule has 0 saturated carbocycles. The summed E-state index contributed by atoms with van der Waals surface area (Å²) >= 11 is 0. The smallest absolute Gasteiger partial charge is 0.416 e. The van der Waals surface area contributed by atoms with E-state index in [-0.39, 0.29) is 29.5 Å². The van der Waals surface area contributed by atoms with E-state index in [2.05, 4.69) is 5.32 Å². The first kappa shape index (κ1) is 24.8. The molecule has 6 N–H and O–H groups in total. The third-order valence-electron chi connectivity index (χ3n) is 4.14. The van der Waals surface area contributed by atoms with E-state index in [1.807, 2.05) is 6.07 Å². The number of carbonyl (C=O) groups is 1. The monoisotopic (exact) mass is 447 g/mol. The quantitative estimate of drug-likeness (QED) is 0.193. The molecule has 0 heterocycles. The number of nitrogens with two attached hydrogens (primary N) is 2. The maximum Gasteiger partial charge on any atom is 0.416 e. The number of ketones is 1. The Bertz CT molecular complexity index is 1000. The summed E-state index contributed by atoms with van der Waals surface area (Å²) in [4.78, 5) is 13.0. The van der Waals surface area contributed by atoms with Crippen LogP contribution >= 0.6 is 0 Å². The minimum absolute atomic E-state index is 0.139. The van der Waals surface area contributed by atoms with Gasteiger partial charge >= 0.3 is 6.18 Å². The van der Waals surface area contributed by atoms with Crippen LogP contribution in [-0.2, 0) is 15.7 Å². The molecule has 6 nitrogen and oxygen atoms in total. The molecule has 0 fully saturated rings. The number of ether oxygens (including phenoxy) is 1. The Hall–Kier alpha value is -3.43. The van der Waals surface area contributed by atoms with Crippen LogP contribution in [0, 0.1) is 5.41 Å². The number of benzene rings is 2. The van der Waals surface area contributed by atoms with Crippen LogP contribution in [0.5, 0.6) is 0 Å². The highest BCUT2D eigenvalue weighted by atomic mass is 19.4. The maximum atomic E-state index is 13.0. The van der Waals surface area contributed by atoms with Crippen molar-refractivity contribution in [2.24, 2.45) is 5.73 Å². The number of halogens is 3. The molecule has 1 unspecified atom stereocenters. The van der Waals surface area contributed by atoms with Crippen molar-refractivity contribution in [3.8, 4) is 0 Å². The summed E-state index contributed by atoms with van der Waals surface area (Å²) in [5.41, 5.74) is 5.75. The second kappa shape index (κ2) is 11.3. The number of nitrogens with one attached hydrogen (secondary N) is 2. The van der Waals surface area contributed by atoms with Crippen LogP contribution in [0.4, 0.5) is 24.5 Å². The number of anilines is 1. The lowest BCUT2D eigenvalue weighted by Crippen LogP contribution is -2.71. The molecule has 0 saturated heterocycles. The zero-order valence-corrected chi connectivity index (χ0v) is 17.7. The van der Waals surface area contributed by atoms with E-state index in [1.54, 1.807) is 38.1 Å². The predicted octanol–water partition coefficient (Wildman–Crippen LogP) is 3.71. The normalized spacial score (nSPS) is 13.4. The van der Waals surface area contributed by atoms with E-state index in [0.29, 0.717) is 5.69 Å². The Labute approximate surface area is 184 Å². The Kier molecular flexibility index (Phi) is 8.74. The second-order valence-electron chi connectivity index (χ2n) is 6.89. The number of Topliss-reactive ketones (excluding diaryl/α,β-unsaturated/α-hetero) is 1. The second-order valence-corrected chi connectivity index (χ2v) is 6.89. The molecule has 0 radical (unpaired) electrons. The van der Waals surface area contributed by atoms with E-state index in [0.717, 1.165) is 12.1 Å². The highest BCUT2D eigenvalue weighted by Gasteiger charge is 2.31. The first-order chi connectivity index (χ1) is 15.1. The number of alkyl halides is 3. The van der Waals surface area contributed by atoms with Gasteiger partial charge in [-0.2, -0.15) is 13.2 Å². The van der Waals surface area contributed by atoms with Crippen molar-refractivity contribution in [3.63, 3.8) is 0 Å². The van der Waals surface area contributed by atoms with Crippen LogP contribution in [0.1, 0.15) is 19.4 Å². The molecule has 2 aromatic rings. The lowest BCUT2D eigenvalue weighted by Gasteiger charge is -2.14. The van der Waals surface area contributed by atoms with Crippen molar-refractivity contribution in [1.82, 2.24) is 0 Å². The molecule has 0 aromatic heterocycles. The summed E-state index contributed by atoms with van der Waals surface area (Å²) in [6.45, 7) is 3.50. The fourth-order valence-electron chi connectivity index (χ4n) is 2.71. The van der Waals surface area contributed by atoms with E-state index < -0.39 is 23.6 Å². The van der Waals surface area contributed by atoms with Gasteiger partial charge in [-0.1, -0.05) is 24.3 Å². The molecule has 0 aliphatic rings. The first-order valence-electron chi connectivity index (χ1n) is 9.90. The molecule has 2 aromatic carbocycles. The Morgan fingerprint density at radius 2 is 1.91 bits per heavy atom. The summed E-state index contributed by atoms with van der Waals surface area (Å²) in [6.07, 6.45) is -1.68. The average Bonchev–Trinajstić information content (AvgIpc) is 2.75. The highest BCUT2D eigenvalue weighted by Crippen LogP contribution is 2.29. The topological polar surface area (TPSA) is 105 Å². The Balaban J connectivity index is 2.27. The van der Waals surface area contributed by atoms with Crippen LogP contribution < -0.4 is 16.4 Å². The average molecular weight is 447 g/mol. The van der Waals surface area contributed by atoms with E-state index in [4.69, 9.17) is 15.9 Å². The fraction of sp³-hybridized carbons (Fsp3) is 0.217. The van der Waals surface area contributed by atoms with Crippen molar-refractivity contribution < 1.29 is 28.0 Å². The van der Waals surface area contributed by atoms with Crippen LogP contribution in [-0.4, -0.2) is 24.1 Å². The van der Waals surface area contributed by atoms with Crippen molar-refractivity contribution >= 4 is 22.9 Å². The van der Waals surface area contributed by atoms with Crippen LogP contribution in [0.3, 0.4) is 0 Å². The third-order valence-corrected chi connectivity index (χ3v) is 4.14. The molecule has 32 heavy (non-hydrogen) atoms. The van der Waals surface area contributed by atoms with Crippen LogP contribution in [0.2, 0.25) is 0 Å². The number of carbonyl (C=O) groups excluding carboxylic acids is 1. The summed E-state index contributed by atoms with van der Waals surface area (Å²) in [7, 11) is 0. The van der Waals surface area contributed by atoms with Gasteiger partial charge in [0.25, 0.3) is 5.78 Å². The minimum Gasteiger partial charge on any atom is -0.485 e. The van der Waals surface area contributed by atoms with Crippen molar-refractivity contribution in [2.75, 3.05) is 11.9 Å². The first-order valence-corrected chi connectivity index (χ1v) is 9.90. The molecular formula is C23H26F3N4O2+. The predicted molar refractivity (Wildman–Crippen MR) is 117 cm³/mol. The summed E-state index contributed by atoms with van der Waals surface area (Å²) in [5.74, 6) is -0.897. The van der Waals surface area contributed by atoms with Gasteiger partial charge in [0.1, 0.15) is 17.6 Å². The van der Waals surface area contributed by atoms with Gasteiger partial charge in [-0.3, -0.25) is 15.5 Å². The van der Waals surface area contributed by atoms with Gasteiger partial charge in [0.15, 0.2) is 0 Å². The van der Waals surface area contributed by atoms with Crippen molar-refractivity contribution in [2.45, 2.75) is 26.1 Å². The standard InChI is InChI=1S/C23H25F3N4O2/c1-3-32-20(14-29-18-11-7-8-16(13-18)23(24,25)26)22(31)21(28)19(12-15(2)27)30-17-9-5-4-6-10-17/h4-15,28-30H,3,27H2,1-2H3/p+1/b19-12-,20-14+,28-21?. The highest BCUT2D eigenvalue weighted by molar-refractivity contribution is 6.50. The molecule has 2 rings (SSSR count). The van der Waals surface area contributed by atoms with Gasteiger partial charge in [0.2, 0.25) is 5.76 Å². The Morgan fingerprint density at radius 1 is 1.22 bits per heavy atom. The fourth-order valence-corrected chi connectivity index (χ4v) is 2.71. The van der Waals surface area contributed by atoms with Crippen molar-refractivity contribution in [3.05, 3.63) is 83.9 Å². The van der Waals surface area contributed by atoms with Gasteiger partial charge in [0, 0.05) is 17.8 Å². The summed E-state index contributed by atoms with van der Waals surface area (Å²) < 4.78 is 44.2. The lowest BCUT2D eigenvalue weighted by molar-refractivity contribution is -0.498. The maximum absolute atomic E-state index is 13.0. The molecule has 0 aliphatic heterocycles. The van der Waals surface area contributed by atoms with E-state index in [9.17, 15) is 18.0 Å². The number of rotatable bonds is 10. The minimum atomic E-state index is -4.48. The van der Waals surface area contributed by atoms with Gasteiger partial charge in [-0.05, 0) is 44.2 Å². The van der Waals surface area contributed by atoms with E-state index >= 15 is 0 Å². The van der Waals surface area contributed by atoms with E-state index in [1.165, 1.54) is 29.7 Å². The lowest BCUT2D eigenvalue weighted by atomic mass is 10.1. The zero-order chi connectivity index (χ0) is 23.7. The van der Waals surface area contributed by atoms with Gasteiger partial charge in [-0.15, -0.1) is 0 Å². The molecule has 170 valence electrons. The zero-order valence-electron chi connectivity index (χ0n) is 17.7. The molecule has 0 bridgehead atoms. The summed E-state index contributed by atoms with van der Waals surface area (Å²) in [6, 6.07) is 13.2. The Morgan fingerprint density at radius 3 is 2.50 bits per heavy atom. The number of quaternary nitrogens is 1. The molecule has 9 heteroatoms. The largest absolute Gasteiger partial charge is 0.485 e. The van der Waals surface area contributed by atoms with Crippen LogP contribution in [0.25, 0.3) is 0 Å². The molecular weight excluding hydrogens is 421 g/mol. The number of allylic oxidation sites excluding steroid dienone is 2. The van der Waals surface area contributed by atoms with Crippen molar-refractivity contribution in [1.29, 1.82) is 5.41 Å². The number of hydrogen-bond donors (Lipinski definition) is 4. The van der Waals surface area contributed by atoms with Gasteiger partial charge < -0.3 is 15.8 Å².